The van der Waals surface area contributed by atoms with Gasteiger partial charge in [0.2, 0.25) is 0 Å². The van der Waals surface area contributed by atoms with Crippen molar-refractivity contribution in [3.63, 3.8) is 0 Å². The maximum Gasteiger partial charge on any atom is 0.163 e. The van der Waals surface area contributed by atoms with E-state index in [0.29, 0.717) is 11.5 Å². The SMILES string of the molecule is CC(=O)C(=CCC1CC=C(C)C1(C)C)C(C)=O. The summed E-state index contributed by atoms with van der Waals surface area (Å²) in [5.74, 6) is 0.243. The molecule has 0 spiro atoms. The van der Waals surface area contributed by atoms with Crippen LogP contribution in [0.15, 0.2) is 23.3 Å². The van der Waals surface area contributed by atoms with Crippen molar-refractivity contribution in [2.24, 2.45) is 11.3 Å². The second-order valence-electron chi connectivity index (χ2n) is 5.51. The van der Waals surface area contributed by atoms with E-state index in [2.05, 4.69) is 26.8 Å². The molecule has 0 saturated carbocycles. The van der Waals surface area contributed by atoms with Crippen LogP contribution in [0.1, 0.15) is 47.5 Å². The molecule has 0 amide bonds. The summed E-state index contributed by atoms with van der Waals surface area (Å²) in [5.41, 5.74) is 1.93. The molecule has 1 aliphatic carbocycles. The van der Waals surface area contributed by atoms with E-state index in [9.17, 15) is 9.59 Å². The number of hydrogen-bond acceptors (Lipinski definition) is 2. The number of carbonyl (C=O) groups is 2. The van der Waals surface area contributed by atoms with Gasteiger partial charge in [-0.25, -0.2) is 0 Å². The third-order valence-electron chi connectivity index (χ3n) is 4.11. The molecule has 0 radical (unpaired) electrons. The summed E-state index contributed by atoms with van der Waals surface area (Å²) in [7, 11) is 0. The zero-order valence-electron chi connectivity index (χ0n) is 11.5. The van der Waals surface area contributed by atoms with Crippen molar-refractivity contribution < 1.29 is 9.59 Å². The fourth-order valence-electron chi connectivity index (χ4n) is 2.39. The van der Waals surface area contributed by atoms with Crippen LogP contribution in [0.3, 0.4) is 0 Å². The molecule has 17 heavy (non-hydrogen) atoms. The predicted octanol–water partition coefficient (Wildman–Crippen LogP) is 3.47. The molecule has 0 N–H and O–H groups in total. The summed E-state index contributed by atoms with van der Waals surface area (Å²) in [5, 5.41) is 0. The van der Waals surface area contributed by atoms with Gasteiger partial charge >= 0.3 is 0 Å². The van der Waals surface area contributed by atoms with Gasteiger partial charge in [-0.1, -0.05) is 31.6 Å². The van der Waals surface area contributed by atoms with Gasteiger partial charge in [0.25, 0.3) is 0 Å². The third-order valence-corrected chi connectivity index (χ3v) is 4.11. The van der Waals surface area contributed by atoms with E-state index in [1.807, 2.05) is 6.08 Å². The molecule has 1 atom stereocenters. The lowest BCUT2D eigenvalue weighted by atomic mass is 9.76. The Kier molecular flexibility index (Phi) is 4.07. The second kappa shape index (κ2) is 4.99. The molecule has 0 aromatic rings. The van der Waals surface area contributed by atoms with Gasteiger partial charge in [0.1, 0.15) is 0 Å². The Morgan fingerprint density at radius 1 is 1.35 bits per heavy atom. The topological polar surface area (TPSA) is 34.1 Å². The normalized spacial score (nSPS) is 21.9. The zero-order valence-corrected chi connectivity index (χ0v) is 11.5. The smallest absolute Gasteiger partial charge is 0.163 e. The van der Waals surface area contributed by atoms with Gasteiger partial charge < -0.3 is 0 Å². The van der Waals surface area contributed by atoms with Crippen LogP contribution in [0.4, 0.5) is 0 Å². The molecule has 0 heterocycles. The average Bonchev–Trinajstić information content (AvgIpc) is 2.43. The van der Waals surface area contributed by atoms with Crippen LogP contribution >= 0.6 is 0 Å². The minimum Gasteiger partial charge on any atom is -0.294 e. The van der Waals surface area contributed by atoms with Crippen LogP contribution in [0.2, 0.25) is 0 Å². The highest BCUT2D eigenvalue weighted by atomic mass is 16.1. The maximum atomic E-state index is 11.3. The molecule has 1 unspecified atom stereocenters. The first-order valence-electron chi connectivity index (χ1n) is 6.16. The fourth-order valence-corrected chi connectivity index (χ4v) is 2.39. The first-order chi connectivity index (χ1) is 7.76. The molecule has 0 bridgehead atoms. The van der Waals surface area contributed by atoms with E-state index in [1.54, 1.807) is 0 Å². The van der Waals surface area contributed by atoms with Crippen molar-refractivity contribution in [3.05, 3.63) is 23.3 Å². The largest absolute Gasteiger partial charge is 0.294 e. The Morgan fingerprint density at radius 3 is 2.24 bits per heavy atom. The summed E-state index contributed by atoms with van der Waals surface area (Å²) in [6.07, 6.45) is 5.93. The number of hydrogen-bond donors (Lipinski definition) is 0. The van der Waals surface area contributed by atoms with Crippen LogP contribution in [0, 0.1) is 11.3 Å². The van der Waals surface area contributed by atoms with Gasteiger partial charge in [0.15, 0.2) is 11.6 Å². The molecule has 0 aliphatic heterocycles. The number of allylic oxidation sites excluding steroid dienone is 4. The van der Waals surface area contributed by atoms with Gasteiger partial charge in [-0.05, 0) is 44.9 Å². The minimum atomic E-state index is -0.127. The molecular weight excluding hydrogens is 212 g/mol. The van der Waals surface area contributed by atoms with E-state index >= 15 is 0 Å². The van der Waals surface area contributed by atoms with Crippen LogP contribution in [-0.4, -0.2) is 11.6 Å². The molecule has 2 heteroatoms. The Labute approximate surface area is 104 Å². The Morgan fingerprint density at radius 2 is 1.88 bits per heavy atom. The minimum absolute atomic E-state index is 0.127. The zero-order chi connectivity index (χ0) is 13.2. The lowest BCUT2D eigenvalue weighted by Crippen LogP contribution is -2.20. The monoisotopic (exact) mass is 234 g/mol. The van der Waals surface area contributed by atoms with Gasteiger partial charge in [0.05, 0.1) is 5.57 Å². The van der Waals surface area contributed by atoms with Gasteiger partial charge in [-0.3, -0.25) is 9.59 Å². The van der Waals surface area contributed by atoms with E-state index in [4.69, 9.17) is 0 Å². The molecule has 1 aliphatic rings. The summed E-state index contributed by atoms with van der Waals surface area (Å²) < 4.78 is 0. The Hall–Kier alpha value is -1.18. The summed E-state index contributed by atoms with van der Waals surface area (Å²) in [4.78, 5) is 22.6. The van der Waals surface area contributed by atoms with Gasteiger partial charge in [0, 0.05) is 0 Å². The Balaban J connectivity index is 2.78. The molecule has 0 fully saturated rings. The lowest BCUT2D eigenvalue weighted by Gasteiger charge is -2.29. The quantitative estimate of drug-likeness (QED) is 0.323. The van der Waals surface area contributed by atoms with Crippen molar-refractivity contribution in [2.75, 3.05) is 0 Å². The average molecular weight is 234 g/mol. The first kappa shape index (κ1) is 13.9. The van der Waals surface area contributed by atoms with Crippen LogP contribution in [-0.2, 0) is 9.59 Å². The van der Waals surface area contributed by atoms with Crippen LogP contribution in [0.5, 0.6) is 0 Å². The number of ketones is 2. The first-order valence-corrected chi connectivity index (χ1v) is 6.16. The fraction of sp³-hybridized carbons (Fsp3) is 0.600. The number of rotatable bonds is 4. The molecule has 2 nitrogen and oxygen atoms in total. The molecule has 0 aromatic heterocycles. The molecule has 1 rings (SSSR count). The summed E-state index contributed by atoms with van der Waals surface area (Å²) in [6, 6.07) is 0. The molecule has 0 saturated heterocycles. The van der Waals surface area contributed by atoms with E-state index in [0.717, 1.165) is 12.8 Å². The molecular formula is C15H22O2. The van der Waals surface area contributed by atoms with Gasteiger partial charge in [-0.2, -0.15) is 0 Å². The van der Waals surface area contributed by atoms with Crippen molar-refractivity contribution in [1.82, 2.24) is 0 Å². The standard InChI is InChI=1S/C15H22O2/c1-10-6-7-13(15(10,4)5)8-9-14(11(2)16)12(3)17/h6,9,13H,7-8H2,1-5H3. The van der Waals surface area contributed by atoms with E-state index in [-0.39, 0.29) is 17.0 Å². The Bertz CT molecular complexity index is 381. The molecule has 94 valence electrons. The lowest BCUT2D eigenvalue weighted by molar-refractivity contribution is -0.119. The number of Topliss-reactive ketones (excluding diaryl/α,β-unsaturated/α-hetero) is 2. The van der Waals surface area contributed by atoms with Crippen LogP contribution in [0.25, 0.3) is 0 Å². The van der Waals surface area contributed by atoms with Crippen LogP contribution < -0.4 is 0 Å². The predicted molar refractivity (Wildman–Crippen MR) is 69.7 cm³/mol. The van der Waals surface area contributed by atoms with Crippen molar-refractivity contribution in [2.45, 2.75) is 47.5 Å². The van der Waals surface area contributed by atoms with Crippen molar-refractivity contribution >= 4 is 11.6 Å². The summed E-state index contributed by atoms with van der Waals surface area (Å²) >= 11 is 0. The highest BCUT2D eigenvalue weighted by molar-refractivity contribution is 6.18. The van der Waals surface area contributed by atoms with Crippen molar-refractivity contribution in [3.8, 4) is 0 Å². The highest BCUT2D eigenvalue weighted by Crippen LogP contribution is 2.44. The molecule has 0 aromatic carbocycles. The number of carbonyl (C=O) groups excluding carboxylic acids is 2. The third kappa shape index (κ3) is 2.93. The maximum absolute atomic E-state index is 11.3. The van der Waals surface area contributed by atoms with Gasteiger partial charge in [-0.15, -0.1) is 0 Å². The second-order valence-corrected chi connectivity index (χ2v) is 5.51. The highest BCUT2D eigenvalue weighted by Gasteiger charge is 2.34. The summed E-state index contributed by atoms with van der Waals surface area (Å²) in [6.45, 7) is 9.52. The van der Waals surface area contributed by atoms with Crippen molar-refractivity contribution in [1.29, 1.82) is 0 Å². The van der Waals surface area contributed by atoms with E-state index in [1.165, 1.54) is 19.4 Å². The van der Waals surface area contributed by atoms with E-state index < -0.39 is 0 Å².